The third-order valence-electron chi connectivity index (χ3n) is 2.57. The topological polar surface area (TPSA) is 26.0 Å². The number of hydrogen-bond donors (Lipinski definition) is 1. The zero-order chi connectivity index (χ0) is 9.42. The van der Waals surface area contributed by atoms with E-state index in [9.17, 15) is 0 Å². The molecule has 2 rings (SSSR count). The van der Waals surface area contributed by atoms with Crippen molar-refractivity contribution in [2.24, 2.45) is 5.73 Å². The second-order valence-corrected chi connectivity index (χ2v) is 4.63. The van der Waals surface area contributed by atoms with Crippen molar-refractivity contribution < 1.29 is 0 Å². The van der Waals surface area contributed by atoms with Gasteiger partial charge in [0.1, 0.15) is 0 Å². The molecule has 1 atom stereocenters. The Hall–Kier alpha value is -0.0500. The van der Waals surface area contributed by atoms with Crippen LogP contribution in [0, 0.1) is 0 Å². The summed E-state index contributed by atoms with van der Waals surface area (Å²) in [6.07, 6.45) is 3.33. The molecule has 1 aliphatic rings. The van der Waals surface area contributed by atoms with Crippen LogP contribution < -0.4 is 5.73 Å². The summed E-state index contributed by atoms with van der Waals surface area (Å²) in [6.45, 7) is 0. The molecule has 0 amide bonds. The summed E-state index contributed by atoms with van der Waals surface area (Å²) >= 11 is 9.51. The molecule has 0 saturated heterocycles. The molecular formula is C10H11BrClN. The minimum Gasteiger partial charge on any atom is -0.324 e. The monoisotopic (exact) mass is 259 g/mol. The van der Waals surface area contributed by atoms with Gasteiger partial charge in [0.25, 0.3) is 0 Å². The number of halogens is 2. The molecule has 0 radical (unpaired) electrons. The number of fused-ring (bicyclic) bond motifs is 1. The fourth-order valence-corrected chi connectivity index (χ4v) is 2.60. The molecule has 70 valence electrons. The maximum absolute atomic E-state index is 6.01. The lowest BCUT2D eigenvalue weighted by molar-refractivity contribution is 0.569. The van der Waals surface area contributed by atoms with E-state index in [1.807, 2.05) is 12.1 Å². The van der Waals surface area contributed by atoms with E-state index >= 15 is 0 Å². The van der Waals surface area contributed by atoms with Crippen LogP contribution in [0.3, 0.4) is 0 Å². The molecule has 0 heterocycles. The summed E-state index contributed by atoms with van der Waals surface area (Å²) in [7, 11) is 0. The molecule has 0 aromatic heterocycles. The number of nitrogens with two attached hydrogens (primary N) is 1. The summed E-state index contributed by atoms with van der Waals surface area (Å²) < 4.78 is 1.03. The van der Waals surface area contributed by atoms with E-state index in [-0.39, 0.29) is 6.04 Å². The fourth-order valence-electron chi connectivity index (χ4n) is 1.86. The van der Waals surface area contributed by atoms with Crippen LogP contribution in [0.25, 0.3) is 0 Å². The van der Waals surface area contributed by atoms with Gasteiger partial charge in [-0.25, -0.2) is 0 Å². The van der Waals surface area contributed by atoms with Crippen molar-refractivity contribution in [2.75, 3.05) is 0 Å². The highest BCUT2D eigenvalue weighted by molar-refractivity contribution is 9.10. The maximum Gasteiger partial charge on any atom is 0.0551 e. The van der Waals surface area contributed by atoms with Gasteiger partial charge < -0.3 is 5.73 Å². The Morgan fingerprint density at radius 1 is 1.46 bits per heavy atom. The Bertz CT molecular complexity index is 338. The van der Waals surface area contributed by atoms with Crippen LogP contribution in [-0.2, 0) is 6.42 Å². The highest BCUT2D eigenvalue weighted by atomic mass is 79.9. The van der Waals surface area contributed by atoms with Gasteiger partial charge >= 0.3 is 0 Å². The van der Waals surface area contributed by atoms with Crippen LogP contribution >= 0.6 is 27.5 Å². The Balaban J connectivity index is 2.56. The predicted molar refractivity (Wildman–Crippen MR) is 59.0 cm³/mol. The van der Waals surface area contributed by atoms with E-state index in [4.69, 9.17) is 17.3 Å². The first kappa shape index (κ1) is 9.50. The van der Waals surface area contributed by atoms with Crippen LogP contribution in [0.1, 0.15) is 30.0 Å². The van der Waals surface area contributed by atoms with Crippen LogP contribution in [0.5, 0.6) is 0 Å². The van der Waals surface area contributed by atoms with Gasteiger partial charge in [0.15, 0.2) is 0 Å². The second-order valence-electron chi connectivity index (χ2n) is 3.43. The largest absolute Gasteiger partial charge is 0.324 e. The van der Waals surface area contributed by atoms with Gasteiger partial charge in [-0.1, -0.05) is 17.7 Å². The van der Waals surface area contributed by atoms with Crippen molar-refractivity contribution in [1.82, 2.24) is 0 Å². The molecule has 0 aliphatic heterocycles. The van der Waals surface area contributed by atoms with E-state index < -0.39 is 0 Å². The summed E-state index contributed by atoms with van der Waals surface area (Å²) in [5.74, 6) is 0. The molecule has 0 saturated carbocycles. The highest BCUT2D eigenvalue weighted by Crippen LogP contribution is 2.36. The fraction of sp³-hybridized carbons (Fsp3) is 0.400. The first-order chi connectivity index (χ1) is 6.20. The van der Waals surface area contributed by atoms with E-state index in [2.05, 4.69) is 15.9 Å². The van der Waals surface area contributed by atoms with E-state index in [0.29, 0.717) is 0 Å². The lowest BCUT2D eigenvalue weighted by atomic mass is 9.88. The first-order valence-corrected chi connectivity index (χ1v) is 5.59. The molecule has 2 N–H and O–H groups in total. The van der Waals surface area contributed by atoms with Crippen molar-refractivity contribution in [3.8, 4) is 0 Å². The van der Waals surface area contributed by atoms with E-state index in [1.165, 1.54) is 11.1 Å². The molecule has 0 fully saturated rings. The van der Waals surface area contributed by atoms with Gasteiger partial charge in [-0.3, -0.25) is 0 Å². The van der Waals surface area contributed by atoms with Crippen LogP contribution in [0.2, 0.25) is 5.02 Å². The van der Waals surface area contributed by atoms with E-state index in [1.54, 1.807) is 0 Å². The van der Waals surface area contributed by atoms with Crippen LogP contribution in [0.4, 0.5) is 0 Å². The standard InChI is InChI=1S/C10H11BrClN/c11-10-7-2-1-3-9(13)6(7)4-5-8(10)12/h4-5,9H,1-3,13H2/t9-/m1/s1. The van der Waals surface area contributed by atoms with Crippen molar-refractivity contribution in [2.45, 2.75) is 25.3 Å². The van der Waals surface area contributed by atoms with Crippen molar-refractivity contribution >= 4 is 27.5 Å². The molecule has 1 aliphatic carbocycles. The molecule has 0 spiro atoms. The summed E-state index contributed by atoms with van der Waals surface area (Å²) in [6, 6.07) is 4.15. The molecular weight excluding hydrogens is 249 g/mol. The maximum atomic E-state index is 6.01. The average molecular weight is 261 g/mol. The Morgan fingerprint density at radius 3 is 3.00 bits per heavy atom. The molecule has 0 unspecified atom stereocenters. The lowest BCUT2D eigenvalue weighted by Crippen LogP contribution is -2.17. The Morgan fingerprint density at radius 2 is 2.23 bits per heavy atom. The van der Waals surface area contributed by atoms with Gasteiger partial charge in [0.2, 0.25) is 0 Å². The summed E-state index contributed by atoms with van der Waals surface area (Å²) in [5, 5.41) is 0.785. The zero-order valence-corrected chi connectivity index (χ0v) is 9.53. The number of benzene rings is 1. The molecule has 1 aromatic carbocycles. The third kappa shape index (κ3) is 1.63. The predicted octanol–water partition coefficient (Wildman–Crippen LogP) is 3.44. The first-order valence-electron chi connectivity index (χ1n) is 4.42. The van der Waals surface area contributed by atoms with Gasteiger partial charge in [0, 0.05) is 10.5 Å². The Labute approximate surface area is 91.4 Å². The van der Waals surface area contributed by atoms with Gasteiger partial charge in [-0.15, -0.1) is 0 Å². The zero-order valence-electron chi connectivity index (χ0n) is 7.19. The molecule has 1 aromatic rings. The van der Waals surface area contributed by atoms with Crippen molar-refractivity contribution in [3.05, 3.63) is 32.8 Å². The van der Waals surface area contributed by atoms with E-state index in [0.717, 1.165) is 28.8 Å². The van der Waals surface area contributed by atoms with Crippen molar-refractivity contribution in [1.29, 1.82) is 0 Å². The minimum absolute atomic E-state index is 0.192. The molecule has 13 heavy (non-hydrogen) atoms. The van der Waals surface area contributed by atoms with Crippen LogP contribution in [-0.4, -0.2) is 0 Å². The lowest BCUT2D eigenvalue weighted by Gasteiger charge is -2.23. The Kier molecular flexibility index (Phi) is 2.63. The van der Waals surface area contributed by atoms with Gasteiger partial charge in [0.05, 0.1) is 5.02 Å². The summed E-state index contributed by atoms with van der Waals surface area (Å²) in [5.41, 5.74) is 8.55. The summed E-state index contributed by atoms with van der Waals surface area (Å²) in [4.78, 5) is 0. The SMILES string of the molecule is N[C@@H]1CCCc2c1ccc(Cl)c2Br. The highest BCUT2D eigenvalue weighted by Gasteiger charge is 2.19. The minimum atomic E-state index is 0.192. The quantitative estimate of drug-likeness (QED) is 0.760. The van der Waals surface area contributed by atoms with Crippen LogP contribution in [0.15, 0.2) is 16.6 Å². The number of hydrogen-bond acceptors (Lipinski definition) is 1. The average Bonchev–Trinajstić information content (AvgIpc) is 2.12. The molecule has 3 heteroatoms. The molecule has 1 nitrogen and oxygen atoms in total. The van der Waals surface area contributed by atoms with Gasteiger partial charge in [-0.2, -0.15) is 0 Å². The van der Waals surface area contributed by atoms with Crippen molar-refractivity contribution in [3.63, 3.8) is 0 Å². The second kappa shape index (κ2) is 3.60. The number of rotatable bonds is 0. The third-order valence-corrected chi connectivity index (χ3v) is 4.02. The normalized spacial score (nSPS) is 21.3. The molecule has 0 bridgehead atoms. The van der Waals surface area contributed by atoms with Gasteiger partial charge in [-0.05, 0) is 52.4 Å². The smallest absolute Gasteiger partial charge is 0.0551 e.